The summed E-state index contributed by atoms with van der Waals surface area (Å²) < 4.78 is 12.5. The van der Waals surface area contributed by atoms with Gasteiger partial charge in [0.2, 0.25) is 11.8 Å². The number of carbonyl (C=O) groups is 3. The molecule has 1 atom stereocenters. The zero-order chi connectivity index (χ0) is 25.2. The Hall–Kier alpha value is -3.07. The second kappa shape index (κ2) is 10.3. The SMILES string of the molecule is COCCCN1C(=O)c2c(NC(C)=O)c3cc(OC)ccc3n2CC1(C)C(=O)NC1CCCCC1. The van der Waals surface area contributed by atoms with Crippen LogP contribution in [-0.2, 0) is 20.9 Å². The topological polar surface area (TPSA) is 102 Å². The molecule has 35 heavy (non-hydrogen) atoms. The molecule has 3 amide bonds. The number of methoxy groups -OCH3 is 2. The Balaban J connectivity index is 1.81. The molecule has 2 heterocycles. The molecule has 1 aliphatic heterocycles. The molecule has 1 fully saturated rings. The van der Waals surface area contributed by atoms with Crippen LogP contribution in [0.15, 0.2) is 18.2 Å². The summed E-state index contributed by atoms with van der Waals surface area (Å²) in [6.07, 6.45) is 5.92. The molecule has 1 aromatic heterocycles. The van der Waals surface area contributed by atoms with E-state index in [2.05, 4.69) is 10.6 Å². The molecular formula is C26H36N4O5. The molecule has 4 rings (SSSR count). The van der Waals surface area contributed by atoms with Crippen LogP contribution in [0.1, 0.15) is 62.9 Å². The zero-order valence-electron chi connectivity index (χ0n) is 21.1. The summed E-state index contributed by atoms with van der Waals surface area (Å²) in [7, 11) is 3.19. The van der Waals surface area contributed by atoms with Gasteiger partial charge in [-0.05, 0) is 44.4 Å². The van der Waals surface area contributed by atoms with Crippen LogP contribution in [0.3, 0.4) is 0 Å². The van der Waals surface area contributed by atoms with Crippen molar-refractivity contribution in [2.24, 2.45) is 0 Å². The summed E-state index contributed by atoms with van der Waals surface area (Å²) in [4.78, 5) is 41.6. The smallest absolute Gasteiger partial charge is 0.273 e. The molecule has 0 bridgehead atoms. The van der Waals surface area contributed by atoms with Crippen LogP contribution in [0.2, 0.25) is 0 Å². The van der Waals surface area contributed by atoms with Crippen molar-refractivity contribution < 1.29 is 23.9 Å². The molecular weight excluding hydrogens is 448 g/mol. The molecule has 0 saturated heterocycles. The summed E-state index contributed by atoms with van der Waals surface area (Å²) >= 11 is 0. The fourth-order valence-corrected chi connectivity index (χ4v) is 5.39. The van der Waals surface area contributed by atoms with Gasteiger partial charge in [0.05, 0.1) is 24.9 Å². The van der Waals surface area contributed by atoms with Gasteiger partial charge in [-0.3, -0.25) is 14.4 Å². The van der Waals surface area contributed by atoms with Crippen LogP contribution in [0, 0.1) is 0 Å². The minimum atomic E-state index is -1.09. The summed E-state index contributed by atoms with van der Waals surface area (Å²) in [5.74, 6) is -0.0794. The minimum absolute atomic E-state index is 0.131. The standard InChI is InChI=1S/C26H36N4O5/c1-17(31)27-22-20-15-19(35-4)11-12-21(20)29-16-26(2,25(33)28-18-9-6-5-7-10-18)30(13-8-14-34-3)24(32)23(22)29/h11-12,15,18H,5-10,13-14,16H2,1-4H3,(H,27,31)(H,28,33). The second-order valence-corrected chi connectivity index (χ2v) is 9.76. The number of anilines is 1. The predicted molar refractivity (Wildman–Crippen MR) is 134 cm³/mol. The first-order valence-electron chi connectivity index (χ1n) is 12.4. The molecule has 1 aromatic carbocycles. The van der Waals surface area contributed by atoms with E-state index in [1.165, 1.54) is 13.3 Å². The van der Waals surface area contributed by atoms with Crippen LogP contribution in [0.5, 0.6) is 5.75 Å². The van der Waals surface area contributed by atoms with E-state index in [1.54, 1.807) is 19.1 Å². The number of rotatable bonds is 8. The average Bonchev–Trinajstić information content (AvgIpc) is 3.13. The Bertz CT molecular complexity index is 1120. The molecule has 190 valence electrons. The lowest BCUT2D eigenvalue weighted by molar-refractivity contribution is -0.134. The average molecular weight is 485 g/mol. The van der Waals surface area contributed by atoms with Crippen molar-refractivity contribution in [3.8, 4) is 5.75 Å². The minimum Gasteiger partial charge on any atom is -0.497 e. The van der Waals surface area contributed by atoms with Gasteiger partial charge in [-0.1, -0.05) is 19.3 Å². The Labute approximate surface area is 206 Å². The fourth-order valence-electron chi connectivity index (χ4n) is 5.39. The Morgan fingerprint density at radius 1 is 1.17 bits per heavy atom. The van der Waals surface area contributed by atoms with Crippen molar-refractivity contribution in [2.45, 2.75) is 70.5 Å². The largest absolute Gasteiger partial charge is 0.497 e. The maximum absolute atomic E-state index is 14.1. The maximum Gasteiger partial charge on any atom is 0.273 e. The number of hydrogen-bond donors (Lipinski definition) is 2. The number of fused-ring (bicyclic) bond motifs is 3. The Morgan fingerprint density at radius 2 is 1.91 bits per heavy atom. The molecule has 1 aliphatic carbocycles. The van der Waals surface area contributed by atoms with Crippen LogP contribution < -0.4 is 15.4 Å². The van der Waals surface area contributed by atoms with Crippen molar-refractivity contribution >= 4 is 34.3 Å². The van der Waals surface area contributed by atoms with Crippen molar-refractivity contribution in [1.29, 1.82) is 0 Å². The first kappa shape index (κ1) is 25.0. The third kappa shape index (κ3) is 4.74. The summed E-state index contributed by atoms with van der Waals surface area (Å²) in [5.41, 5.74) is 0.507. The lowest BCUT2D eigenvalue weighted by atomic mass is 9.91. The number of aromatic nitrogens is 1. The molecule has 0 spiro atoms. The number of nitrogens with one attached hydrogen (secondary N) is 2. The van der Waals surface area contributed by atoms with Crippen molar-refractivity contribution in [2.75, 3.05) is 32.7 Å². The lowest BCUT2D eigenvalue weighted by Gasteiger charge is -2.45. The first-order valence-corrected chi connectivity index (χ1v) is 12.4. The number of nitrogens with zero attached hydrogens (tertiary/aromatic N) is 2. The molecule has 1 saturated carbocycles. The highest BCUT2D eigenvalue weighted by atomic mass is 16.5. The molecule has 0 radical (unpaired) electrons. The normalized spacial score (nSPS) is 20.6. The summed E-state index contributed by atoms with van der Waals surface area (Å²) in [6, 6.07) is 5.64. The van der Waals surface area contributed by atoms with E-state index in [0.717, 1.165) is 31.2 Å². The third-order valence-electron chi connectivity index (χ3n) is 7.24. The van der Waals surface area contributed by atoms with Crippen molar-refractivity contribution in [1.82, 2.24) is 14.8 Å². The van der Waals surface area contributed by atoms with E-state index in [9.17, 15) is 14.4 Å². The zero-order valence-corrected chi connectivity index (χ0v) is 21.1. The van der Waals surface area contributed by atoms with Crippen LogP contribution in [-0.4, -0.2) is 66.1 Å². The number of ether oxygens (including phenoxy) is 2. The van der Waals surface area contributed by atoms with Crippen molar-refractivity contribution in [3.63, 3.8) is 0 Å². The summed E-state index contributed by atoms with van der Waals surface area (Å²) in [5, 5.41) is 6.80. The van der Waals surface area contributed by atoms with Gasteiger partial charge in [-0.25, -0.2) is 0 Å². The highest BCUT2D eigenvalue weighted by Gasteiger charge is 2.49. The second-order valence-electron chi connectivity index (χ2n) is 9.76. The number of hydrogen-bond acceptors (Lipinski definition) is 5. The van der Waals surface area contributed by atoms with Gasteiger partial charge in [0.1, 0.15) is 17.0 Å². The van der Waals surface area contributed by atoms with E-state index in [4.69, 9.17) is 9.47 Å². The van der Waals surface area contributed by atoms with Crippen LogP contribution >= 0.6 is 0 Å². The molecule has 2 aromatic rings. The fraction of sp³-hybridized carbons (Fsp3) is 0.577. The molecule has 1 unspecified atom stereocenters. The highest BCUT2D eigenvalue weighted by Crippen LogP contribution is 2.40. The molecule has 2 aliphatic rings. The Morgan fingerprint density at radius 3 is 2.57 bits per heavy atom. The van der Waals surface area contributed by atoms with E-state index >= 15 is 0 Å². The van der Waals surface area contributed by atoms with E-state index < -0.39 is 5.54 Å². The van der Waals surface area contributed by atoms with Gasteiger partial charge in [0.25, 0.3) is 5.91 Å². The van der Waals surface area contributed by atoms with Crippen molar-refractivity contribution in [3.05, 3.63) is 23.9 Å². The van der Waals surface area contributed by atoms with Gasteiger partial charge in [0.15, 0.2) is 0 Å². The highest BCUT2D eigenvalue weighted by molar-refractivity contribution is 6.14. The van der Waals surface area contributed by atoms with E-state index in [1.807, 2.05) is 29.7 Å². The quantitative estimate of drug-likeness (QED) is 0.560. The van der Waals surface area contributed by atoms with Gasteiger partial charge >= 0.3 is 0 Å². The predicted octanol–water partition coefficient (Wildman–Crippen LogP) is 3.31. The van der Waals surface area contributed by atoms with Gasteiger partial charge < -0.3 is 29.6 Å². The number of carbonyl (C=O) groups excluding carboxylic acids is 3. The lowest BCUT2D eigenvalue weighted by Crippen LogP contribution is -2.65. The monoisotopic (exact) mass is 484 g/mol. The van der Waals surface area contributed by atoms with E-state index in [0.29, 0.717) is 42.1 Å². The maximum atomic E-state index is 14.1. The molecule has 2 N–H and O–H groups in total. The van der Waals surface area contributed by atoms with E-state index in [-0.39, 0.29) is 30.3 Å². The van der Waals surface area contributed by atoms with Crippen LogP contribution in [0.4, 0.5) is 5.69 Å². The Kier molecular flexibility index (Phi) is 7.35. The van der Waals surface area contributed by atoms with Gasteiger partial charge in [-0.15, -0.1) is 0 Å². The molecule has 9 heteroatoms. The molecule has 9 nitrogen and oxygen atoms in total. The van der Waals surface area contributed by atoms with Gasteiger partial charge in [-0.2, -0.15) is 0 Å². The van der Waals surface area contributed by atoms with Crippen LogP contribution in [0.25, 0.3) is 10.9 Å². The third-order valence-corrected chi connectivity index (χ3v) is 7.24. The first-order chi connectivity index (χ1) is 16.8. The number of amides is 3. The summed E-state index contributed by atoms with van der Waals surface area (Å²) in [6.45, 7) is 4.38. The number of benzene rings is 1. The van der Waals surface area contributed by atoms with Gasteiger partial charge in [0, 0.05) is 38.6 Å².